The zero-order valence-electron chi connectivity index (χ0n) is 30.3. The Morgan fingerprint density at radius 3 is 2.13 bits per heavy atom. The zero-order valence-corrected chi connectivity index (χ0v) is 30.3. The summed E-state index contributed by atoms with van der Waals surface area (Å²) in [5, 5.41) is 17.8. The SMILES string of the molecule is [C-]#[N+]c1cc(-n2c3ccc(-c4ccccc4)cc3c3c4ccccc4ccc32)c(C#N)cc1-n1c2ccccc2c2ccc3c(c21)C(C)(C)c1ccccc1-3. The zero-order chi connectivity index (χ0) is 37.0. The Hall–Kier alpha value is -7.40. The van der Waals surface area contributed by atoms with Crippen molar-refractivity contribution in [3.63, 3.8) is 0 Å². The molecule has 0 spiro atoms. The van der Waals surface area contributed by atoms with Crippen LogP contribution in [0.25, 0.3) is 92.9 Å². The fourth-order valence-electron chi connectivity index (χ4n) is 9.53. The van der Waals surface area contributed by atoms with Crippen molar-refractivity contribution in [2.24, 2.45) is 0 Å². The molecule has 0 saturated heterocycles. The molecule has 8 aromatic carbocycles. The van der Waals surface area contributed by atoms with E-state index in [2.05, 4.69) is 173 Å². The van der Waals surface area contributed by atoms with E-state index in [9.17, 15) is 5.26 Å². The number of aromatic nitrogens is 2. The lowest BCUT2D eigenvalue weighted by molar-refractivity contribution is 0.664. The molecular weight excluding hydrogens is 669 g/mol. The van der Waals surface area contributed by atoms with Crippen LogP contribution in [0.3, 0.4) is 0 Å². The van der Waals surface area contributed by atoms with Crippen molar-refractivity contribution in [2.75, 3.05) is 0 Å². The lowest BCUT2D eigenvalue weighted by atomic mass is 9.81. The molecule has 0 atom stereocenters. The second kappa shape index (κ2) is 11.3. The number of hydrogen-bond acceptors (Lipinski definition) is 1. The minimum atomic E-state index is -0.280. The van der Waals surface area contributed by atoms with Crippen molar-refractivity contribution in [1.29, 1.82) is 5.26 Å². The fourth-order valence-corrected chi connectivity index (χ4v) is 9.53. The van der Waals surface area contributed by atoms with E-state index in [0.29, 0.717) is 22.6 Å². The summed E-state index contributed by atoms with van der Waals surface area (Å²) in [4.78, 5) is 4.23. The standard InChI is InChI=1S/C51H32N4/c1-51(2)41-19-11-9-17-36(41)38-23-24-39-37-18-10-12-20-43(37)55(50(39)49(38)51)47-28-34(30-52)46(29-42(47)53-3)54-44-25-22-33(31-13-5-4-6-14-31)27-40(44)48-35-16-8-7-15-32(35)21-26-45(48)54/h4-29H,1-2H3. The first kappa shape index (κ1) is 31.2. The monoisotopic (exact) mass is 700 g/mol. The second-order valence-corrected chi connectivity index (χ2v) is 15.1. The van der Waals surface area contributed by atoms with E-state index >= 15 is 0 Å². The number of benzene rings is 8. The van der Waals surface area contributed by atoms with Gasteiger partial charge >= 0.3 is 0 Å². The van der Waals surface area contributed by atoms with Crippen LogP contribution in [-0.4, -0.2) is 9.13 Å². The number of fused-ring (bicyclic) bond motifs is 12. The molecule has 1 aliphatic carbocycles. The normalized spacial score (nSPS) is 13.0. The average Bonchev–Trinajstić information content (AvgIpc) is 3.83. The molecule has 55 heavy (non-hydrogen) atoms. The van der Waals surface area contributed by atoms with Crippen molar-refractivity contribution in [3.05, 3.63) is 186 Å². The van der Waals surface area contributed by atoms with Gasteiger partial charge in [0.15, 0.2) is 0 Å². The summed E-state index contributed by atoms with van der Waals surface area (Å²) in [5.74, 6) is 0. The lowest BCUT2D eigenvalue weighted by Gasteiger charge is -2.24. The summed E-state index contributed by atoms with van der Waals surface area (Å²) in [7, 11) is 0. The maximum atomic E-state index is 11.0. The van der Waals surface area contributed by atoms with E-state index in [0.717, 1.165) is 65.5 Å². The van der Waals surface area contributed by atoms with Gasteiger partial charge in [0.2, 0.25) is 5.69 Å². The summed E-state index contributed by atoms with van der Waals surface area (Å²) < 4.78 is 4.44. The van der Waals surface area contributed by atoms with E-state index in [1.54, 1.807) is 0 Å². The number of nitrogens with zero attached hydrogens (tertiary/aromatic N) is 4. The molecular formula is C51H32N4. The topological polar surface area (TPSA) is 38.0 Å². The summed E-state index contributed by atoms with van der Waals surface area (Å²) in [5.41, 5.74) is 13.4. The molecule has 0 radical (unpaired) electrons. The molecule has 0 bridgehead atoms. The second-order valence-electron chi connectivity index (χ2n) is 15.1. The molecule has 0 unspecified atom stereocenters. The Balaban J connectivity index is 1.23. The molecule has 4 heteroatoms. The van der Waals surface area contributed by atoms with Gasteiger partial charge in [-0.3, -0.25) is 0 Å². The van der Waals surface area contributed by atoms with Gasteiger partial charge in [-0.15, -0.1) is 0 Å². The van der Waals surface area contributed by atoms with Gasteiger partial charge in [0.1, 0.15) is 6.07 Å². The van der Waals surface area contributed by atoms with Crippen LogP contribution in [0.1, 0.15) is 30.5 Å². The van der Waals surface area contributed by atoms with E-state index < -0.39 is 0 Å². The first-order valence-electron chi connectivity index (χ1n) is 18.6. The van der Waals surface area contributed by atoms with E-state index in [1.165, 1.54) is 22.3 Å². The molecule has 10 aromatic rings. The minimum absolute atomic E-state index is 0.280. The van der Waals surface area contributed by atoms with Gasteiger partial charge in [0.25, 0.3) is 0 Å². The van der Waals surface area contributed by atoms with Crippen LogP contribution >= 0.6 is 0 Å². The average molecular weight is 701 g/mol. The predicted octanol–water partition coefficient (Wildman–Crippen LogP) is 13.4. The first-order valence-corrected chi connectivity index (χ1v) is 18.6. The molecule has 2 heterocycles. The third-order valence-corrected chi connectivity index (χ3v) is 11.9. The van der Waals surface area contributed by atoms with Crippen LogP contribution in [-0.2, 0) is 5.41 Å². The smallest absolute Gasteiger partial charge is 0.212 e. The number of rotatable bonds is 3. The fraction of sp³-hybridized carbons (Fsp3) is 0.0588. The summed E-state index contributed by atoms with van der Waals surface area (Å²) in [6.07, 6.45) is 0. The minimum Gasteiger partial charge on any atom is -0.319 e. The molecule has 2 aromatic heterocycles. The molecule has 0 aliphatic heterocycles. The van der Waals surface area contributed by atoms with Gasteiger partial charge in [-0.05, 0) is 80.6 Å². The summed E-state index contributed by atoms with van der Waals surface area (Å²) >= 11 is 0. The highest BCUT2D eigenvalue weighted by Crippen LogP contribution is 2.53. The predicted molar refractivity (Wildman–Crippen MR) is 227 cm³/mol. The van der Waals surface area contributed by atoms with E-state index in [1.807, 2.05) is 18.2 Å². The maximum Gasteiger partial charge on any atom is 0.212 e. The lowest BCUT2D eigenvalue weighted by Crippen LogP contribution is -2.16. The molecule has 0 fully saturated rings. The van der Waals surface area contributed by atoms with Crippen molar-refractivity contribution >= 4 is 60.1 Å². The Kier molecular flexibility index (Phi) is 6.40. The van der Waals surface area contributed by atoms with Crippen molar-refractivity contribution in [2.45, 2.75) is 19.3 Å². The van der Waals surface area contributed by atoms with Crippen LogP contribution in [0.2, 0.25) is 0 Å². The van der Waals surface area contributed by atoms with Crippen LogP contribution in [0.4, 0.5) is 5.69 Å². The molecule has 0 saturated carbocycles. The Morgan fingerprint density at radius 1 is 0.564 bits per heavy atom. The summed E-state index contributed by atoms with van der Waals surface area (Å²) in [6.45, 7) is 13.3. The van der Waals surface area contributed by atoms with E-state index in [-0.39, 0.29) is 5.41 Å². The van der Waals surface area contributed by atoms with Gasteiger partial charge in [0, 0.05) is 27.0 Å². The highest BCUT2D eigenvalue weighted by molar-refractivity contribution is 6.22. The first-order chi connectivity index (χ1) is 27.0. The van der Waals surface area contributed by atoms with Gasteiger partial charge in [-0.1, -0.05) is 135 Å². The third-order valence-electron chi connectivity index (χ3n) is 11.9. The number of hydrogen-bond donors (Lipinski definition) is 0. The Morgan fingerprint density at radius 2 is 1.29 bits per heavy atom. The van der Waals surface area contributed by atoms with Crippen molar-refractivity contribution in [1.82, 2.24) is 9.13 Å². The Bertz CT molecular complexity index is 3360. The van der Waals surface area contributed by atoms with Crippen molar-refractivity contribution in [3.8, 4) is 39.7 Å². The molecule has 0 amide bonds. The van der Waals surface area contributed by atoms with Crippen molar-refractivity contribution < 1.29 is 0 Å². The van der Waals surface area contributed by atoms with Gasteiger partial charge < -0.3 is 9.13 Å². The molecule has 4 nitrogen and oxygen atoms in total. The number of nitriles is 1. The molecule has 256 valence electrons. The number of para-hydroxylation sites is 1. The molecule has 0 N–H and O–H groups in total. The maximum absolute atomic E-state index is 11.0. The molecule has 11 rings (SSSR count). The van der Waals surface area contributed by atoms with Crippen LogP contribution in [0.5, 0.6) is 0 Å². The summed E-state index contributed by atoms with van der Waals surface area (Å²) in [6, 6.07) is 57.9. The van der Waals surface area contributed by atoms with Gasteiger partial charge in [-0.2, -0.15) is 5.26 Å². The highest BCUT2D eigenvalue weighted by Gasteiger charge is 2.38. The third kappa shape index (κ3) is 4.20. The van der Waals surface area contributed by atoms with Gasteiger partial charge in [-0.25, -0.2) is 4.85 Å². The Labute approximate surface area is 318 Å². The van der Waals surface area contributed by atoms with Crippen LogP contribution < -0.4 is 0 Å². The van der Waals surface area contributed by atoms with Crippen LogP contribution in [0.15, 0.2) is 158 Å². The van der Waals surface area contributed by atoms with E-state index in [4.69, 9.17) is 6.57 Å². The largest absolute Gasteiger partial charge is 0.319 e. The van der Waals surface area contributed by atoms with Crippen LogP contribution in [0, 0.1) is 17.9 Å². The highest BCUT2D eigenvalue weighted by atomic mass is 15.0. The molecule has 1 aliphatic rings. The van der Waals surface area contributed by atoms with Gasteiger partial charge in [0.05, 0.1) is 45.6 Å². The quantitative estimate of drug-likeness (QED) is 0.169.